The third kappa shape index (κ3) is 4.85. The molecular weight excluding hydrogens is 336 g/mol. The van der Waals surface area contributed by atoms with E-state index in [1.54, 1.807) is 0 Å². The van der Waals surface area contributed by atoms with Crippen LogP contribution in [0.15, 0.2) is 91.5 Å². The number of allylic oxidation sites excluding steroid dienone is 1. The van der Waals surface area contributed by atoms with Gasteiger partial charge in [0.05, 0.1) is 5.92 Å². The molecule has 136 valence electrons. The number of hydrogen-bond acceptors (Lipinski definition) is 2. The van der Waals surface area contributed by atoms with Crippen molar-refractivity contribution in [1.82, 2.24) is 0 Å². The van der Waals surface area contributed by atoms with Gasteiger partial charge in [-0.15, -0.1) is 6.58 Å². The number of rotatable bonds is 8. The summed E-state index contributed by atoms with van der Waals surface area (Å²) in [6.45, 7) is 3.78. The van der Waals surface area contributed by atoms with Gasteiger partial charge in [0, 0.05) is 0 Å². The van der Waals surface area contributed by atoms with Crippen molar-refractivity contribution in [2.24, 2.45) is 0 Å². The van der Waals surface area contributed by atoms with Crippen LogP contribution in [0.4, 0.5) is 0 Å². The van der Waals surface area contributed by atoms with Crippen molar-refractivity contribution in [1.29, 1.82) is 0 Å². The van der Waals surface area contributed by atoms with E-state index in [1.807, 2.05) is 84.9 Å². The van der Waals surface area contributed by atoms with Gasteiger partial charge in [-0.05, 0) is 47.7 Å². The Morgan fingerprint density at radius 2 is 1.63 bits per heavy atom. The number of carbonyl (C=O) groups is 1. The fraction of sp³-hybridized carbons (Fsp3) is 0.125. The van der Waals surface area contributed by atoms with Crippen LogP contribution < -0.4 is 4.74 Å². The van der Waals surface area contributed by atoms with E-state index in [1.165, 1.54) is 0 Å². The summed E-state index contributed by atoms with van der Waals surface area (Å²) in [5.41, 5.74) is 2.84. The highest BCUT2D eigenvalue weighted by Gasteiger charge is 2.20. The molecule has 0 heterocycles. The molecule has 1 unspecified atom stereocenters. The lowest BCUT2D eigenvalue weighted by atomic mass is 9.92. The zero-order valence-corrected chi connectivity index (χ0v) is 15.0. The van der Waals surface area contributed by atoms with Crippen LogP contribution in [0.5, 0.6) is 11.5 Å². The van der Waals surface area contributed by atoms with Crippen molar-refractivity contribution in [2.75, 3.05) is 0 Å². The average molecular weight is 358 g/mol. The van der Waals surface area contributed by atoms with Gasteiger partial charge in [0.25, 0.3) is 0 Å². The van der Waals surface area contributed by atoms with E-state index in [0.29, 0.717) is 6.42 Å². The predicted molar refractivity (Wildman–Crippen MR) is 107 cm³/mol. The molecule has 0 radical (unpaired) electrons. The van der Waals surface area contributed by atoms with Crippen LogP contribution in [0.25, 0.3) is 0 Å². The summed E-state index contributed by atoms with van der Waals surface area (Å²) in [5, 5.41) is 9.59. The van der Waals surface area contributed by atoms with Crippen molar-refractivity contribution >= 4 is 5.97 Å². The Morgan fingerprint density at radius 3 is 2.30 bits per heavy atom. The highest BCUT2D eigenvalue weighted by Crippen LogP contribution is 2.27. The Hall–Kier alpha value is -3.33. The summed E-state index contributed by atoms with van der Waals surface area (Å²) in [4.78, 5) is 11.7. The van der Waals surface area contributed by atoms with Gasteiger partial charge in [0.1, 0.15) is 11.5 Å². The molecule has 1 atom stereocenters. The summed E-state index contributed by atoms with van der Waals surface area (Å²) in [6.07, 6.45) is 3.03. The molecule has 0 spiro atoms. The minimum Gasteiger partial charge on any atom is -0.481 e. The third-order valence-corrected chi connectivity index (χ3v) is 4.43. The van der Waals surface area contributed by atoms with Crippen LogP contribution in [0.1, 0.15) is 22.6 Å². The summed E-state index contributed by atoms with van der Waals surface area (Å²) >= 11 is 0. The highest BCUT2D eigenvalue weighted by atomic mass is 16.5. The Labute approximate surface area is 159 Å². The molecule has 0 aromatic heterocycles. The molecule has 0 bridgehead atoms. The second kappa shape index (κ2) is 8.86. The topological polar surface area (TPSA) is 46.5 Å². The molecule has 3 nitrogen and oxygen atoms in total. The summed E-state index contributed by atoms with van der Waals surface area (Å²) in [7, 11) is 0. The standard InChI is InChI=1S/C24H22O3/c1-2-8-20-11-6-7-12-23(20)27-21-15-13-18(14-16-21)17-22(24(25)26)19-9-4-3-5-10-19/h2-7,9-16,22H,1,8,17H2,(H,25,26). The summed E-state index contributed by atoms with van der Waals surface area (Å²) < 4.78 is 5.99. The fourth-order valence-electron chi connectivity index (χ4n) is 3.02. The van der Waals surface area contributed by atoms with Crippen LogP contribution in [-0.4, -0.2) is 11.1 Å². The molecular formula is C24H22O3. The quantitative estimate of drug-likeness (QED) is 0.532. The lowest BCUT2D eigenvalue weighted by Gasteiger charge is -2.14. The SMILES string of the molecule is C=CCc1ccccc1Oc1ccc(CC(C(=O)O)c2ccccc2)cc1. The maximum absolute atomic E-state index is 11.7. The smallest absolute Gasteiger partial charge is 0.311 e. The minimum atomic E-state index is -0.820. The maximum Gasteiger partial charge on any atom is 0.311 e. The number of para-hydroxylation sites is 1. The summed E-state index contributed by atoms with van der Waals surface area (Å²) in [5.74, 6) is 0.144. The first-order chi connectivity index (χ1) is 13.2. The molecule has 3 aromatic carbocycles. The maximum atomic E-state index is 11.7. The average Bonchev–Trinajstić information content (AvgIpc) is 2.69. The predicted octanol–water partition coefficient (Wildman–Crippen LogP) is 5.62. The molecule has 3 rings (SSSR count). The van der Waals surface area contributed by atoms with Gasteiger partial charge in [-0.3, -0.25) is 4.79 Å². The molecule has 0 saturated heterocycles. The van der Waals surface area contributed by atoms with Crippen molar-refractivity contribution in [3.05, 3.63) is 108 Å². The summed E-state index contributed by atoms with van der Waals surface area (Å²) in [6, 6.07) is 24.8. The molecule has 3 heteroatoms. The number of ether oxygens (including phenoxy) is 1. The first kappa shape index (κ1) is 18.5. The second-order valence-corrected chi connectivity index (χ2v) is 6.35. The minimum absolute atomic E-state index is 0.437. The molecule has 0 aliphatic heterocycles. The van der Waals surface area contributed by atoms with Crippen LogP contribution in [0.2, 0.25) is 0 Å². The highest BCUT2D eigenvalue weighted by molar-refractivity contribution is 5.76. The van der Waals surface area contributed by atoms with Crippen LogP contribution >= 0.6 is 0 Å². The number of carboxylic acids is 1. The lowest BCUT2D eigenvalue weighted by molar-refractivity contribution is -0.138. The molecule has 0 fully saturated rings. The van der Waals surface area contributed by atoms with Crippen LogP contribution in [0.3, 0.4) is 0 Å². The molecule has 0 saturated carbocycles. The zero-order valence-electron chi connectivity index (χ0n) is 15.0. The number of carboxylic acid groups (broad SMARTS) is 1. The van der Waals surface area contributed by atoms with Gasteiger partial charge in [-0.1, -0.05) is 66.7 Å². The van der Waals surface area contributed by atoms with Crippen molar-refractivity contribution in [3.63, 3.8) is 0 Å². The monoisotopic (exact) mass is 358 g/mol. The molecule has 1 N–H and O–H groups in total. The lowest BCUT2D eigenvalue weighted by Crippen LogP contribution is -2.14. The number of benzene rings is 3. The first-order valence-electron chi connectivity index (χ1n) is 8.90. The Kier molecular flexibility index (Phi) is 6.06. The van der Waals surface area contributed by atoms with Crippen molar-refractivity contribution in [3.8, 4) is 11.5 Å². The number of hydrogen-bond donors (Lipinski definition) is 1. The Balaban J connectivity index is 1.73. The molecule has 0 aliphatic carbocycles. The largest absolute Gasteiger partial charge is 0.481 e. The normalized spacial score (nSPS) is 11.6. The van der Waals surface area contributed by atoms with E-state index in [0.717, 1.165) is 34.6 Å². The van der Waals surface area contributed by atoms with Crippen LogP contribution in [-0.2, 0) is 17.6 Å². The molecule has 3 aromatic rings. The van der Waals surface area contributed by atoms with E-state index in [4.69, 9.17) is 4.74 Å². The third-order valence-electron chi connectivity index (χ3n) is 4.43. The van der Waals surface area contributed by atoms with Gasteiger partial charge >= 0.3 is 5.97 Å². The van der Waals surface area contributed by atoms with Crippen LogP contribution in [0, 0.1) is 0 Å². The van der Waals surface area contributed by atoms with Gasteiger partial charge < -0.3 is 9.84 Å². The van der Waals surface area contributed by atoms with Gasteiger partial charge in [-0.25, -0.2) is 0 Å². The van der Waals surface area contributed by atoms with Crippen molar-refractivity contribution in [2.45, 2.75) is 18.8 Å². The van der Waals surface area contributed by atoms with E-state index in [9.17, 15) is 9.90 Å². The van der Waals surface area contributed by atoms with E-state index >= 15 is 0 Å². The van der Waals surface area contributed by atoms with Gasteiger partial charge in [0.15, 0.2) is 0 Å². The van der Waals surface area contributed by atoms with Gasteiger partial charge in [0.2, 0.25) is 0 Å². The zero-order chi connectivity index (χ0) is 19.1. The second-order valence-electron chi connectivity index (χ2n) is 6.35. The van der Waals surface area contributed by atoms with E-state index < -0.39 is 11.9 Å². The van der Waals surface area contributed by atoms with E-state index in [-0.39, 0.29) is 0 Å². The Bertz CT molecular complexity index is 898. The Morgan fingerprint density at radius 1 is 0.963 bits per heavy atom. The fourth-order valence-corrected chi connectivity index (χ4v) is 3.02. The first-order valence-corrected chi connectivity index (χ1v) is 8.90. The molecule has 0 aliphatic rings. The van der Waals surface area contributed by atoms with Gasteiger partial charge in [-0.2, -0.15) is 0 Å². The van der Waals surface area contributed by atoms with Crippen molar-refractivity contribution < 1.29 is 14.6 Å². The number of aliphatic carboxylic acids is 1. The molecule has 0 amide bonds. The van der Waals surface area contributed by atoms with E-state index in [2.05, 4.69) is 6.58 Å². The molecule has 27 heavy (non-hydrogen) atoms.